The first-order chi connectivity index (χ1) is 17.1. The van der Waals surface area contributed by atoms with Gasteiger partial charge in [0, 0.05) is 41.3 Å². The molecule has 3 atom stereocenters. The summed E-state index contributed by atoms with van der Waals surface area (Å²) in [6.07, 6.45) is -3.22. The quantitative estimate of drug-likeness (QED) is 0.549. The first kappa shape index (κ1) is 24.5. The van der Waals surface area contributed by atoms with Gasteiger partial charge in [0.05, 0.1) is 42.6 Å². The fourth-order valence-electron chi connectivity index (χ4n) is 5.10. The molecular weight excluding hydrogens is 473 g/mol. The van der Waals surface area contributed by atoms with Gasteiger partial charge in [-0.15, -0.1) is 0 Å². The van der Waals surface area contributed by atoms with Gasteiger partial charge in [0.25, 0.3) is 5.91 Å². The van der Waals surface area contributed by atoms with Crippen LogP contribution in [-0.2, 0) is 28.8 Å². The number of amides is 1. The van der Waals surface area contributed by atoms with Crippen LogP contribution in [0.25, 0.3) is 10.9 Å². The number of aromatic nitrogens is 2. The first-order valence-electron chi connectivity index (χ1n) is 11.9. The molecule has 0 aliphatic carbocycles. The van der Waals surface area contributed by atoms with Gasteiger partial charge in [-0.05, 0) is 49.2 Å². The fourth-order valence-corrected chi connectivity index (χ4v) is 5.10. The second kappa shape index (κ2) is 9.33. The third-order valence-corrected chi connectivity index (χ3v) is 7.04. The van der Waals surface area contributed by atoms with E-state index >= 15 is 0 Å². The number of fused-ring (bicyclic) bond motifs is 3. The molecule has 5 rings (SSSR count). The summed E-state index contributed by atoms with van der Waals surface area (Å²) in [5, 5.41) is 0.807. The Kier molecular flexibility index (Phi) is 6.34. The van der Waals surface area contributed by atoms with Crippen molar-refractivity contribution in [3.63, 3.8) is 0 Å². The van der Waals surface area contributed by atoms with Gasteiger partial charge in [-0.3, -0.25) is 9.78 Å². The van der Waals surface area contributed by atoms with E-state index < -0.39 is 11.7 Å². The topological polar surface area (TPSA) is 90.6 Å². The molecular formula is C26H27F3N4O3. The van der Waals surface area contributed by atoms with E-state index in [0.717, 1.165) is 28.8 Å². The van der Waals surface area contributed by atoms with E-state index in [4.69, 9.17) is 15.2 Å². The Labute approximate surface area is 206 Å². The van der Waals surface area contributed by atoms with Crippen LogP contribution in [-0.4, -0.2) is 40.0 Å². The maximum atomic E-state index is 13.9. The second-order valence-corrected chi connectivity index (χ2v) is 9.45. The van der Waals surface area contributed by atoms with Crippen molar-refractivity contribution >= 4 is 22.6 Å². The summed E-state index contributed by atoms with van der Waals surface area (Å²) in [6, 6.07) is 7.46. The second-order valence-electron chi connectivity index (χ2n) is 9.45. The van der Waals surface area contributed by atoms with E-state index in [0.29, 0.717) is 48.8 Å². The zero-order valence-corrected chi connectivity index (χ0v) is 20.0. The van der Waals surface area contributed by atoms with Gasteiger partial charge in [0.2, 0.25) is 0 Å². The molecule has 0 bridgehead atoms. The van der Waals surface area contributed by atoms with Crippen LogP contribution in [0.2, 0.25) is 0 Å². The number of hydrogen-bond donors (Lipinski definition) is 1. The molecule has 0 spiro atoms. The minimum absolute atomic E-state index is 0.0533. The van der Waals surface area contributed by atoms with Gasteiger partial charge >= 0.3 is 6.18 Å². The van der Waals surface area contributed by atoms with Crippen molar-refractivity contribution < 1.29 is 27.4 Å². The van der Waals surface area contributed by atoms with Gasteiger partial charge in [0.15, 0.2) is 0 Å². The van der Waals surface area contributed by atoms with Crippen LogP contribution in [0.15, 0.2) is 36.5 Å². The van der Waals surface area contributed by atoms with E-state index in [2.05, 4.69) is 9.97 Å². The number of ether oxygens (including phenoxy) is 2. The molecule has 4 heterocycles. The molecule has 2 aromatic heterocycles. The van der Waals surface area contributed by atoms with Crippen molar-refractivity contribution in [2.75, 3.05) is 18.9 Å². The lowest BCUT2D eigenvalue weighted by Crippen LogP contribution is -2.47. The normalized spacial score (nSPS) is 22.0. The summed E-state index contributed by atoms with van der Waals surface area (Å²) in [5.74, 6) is 0.250. The molecule has 2 aliphatic rings. The lowest BCUT2D eigenvalue weighted by Gasteiger charge is -2.38. The zero-order valence-electron chi connectivity index (χ0n) is 20.0. The monoisotopic (exact) mass is 500 g/mol. The molecule has 36 heavy (non-hydrogen) atoms. The molecule has 3 aromatic rings. The van der Waals surface area contributed by atoms with Crippen LogP contribution < -0.4 is 5.73 Å². The standard InChI is InChI=1S/C26H27F3N4O3/c1-14-12-35-8-7-22(14)33(11-18-5-4-17(10-31-18)26(27,28)29)25(34)16-3-6-21-19(9-16)20-13-36-15(2)23(20)24(30)32-21/h3-6,9-10,14-15,22H,7-8,11-13H2,1-2H3,(H2,30,32). The van der Waals surface area contributed by atoms with Crippen molar-refractivity contribution in [1.29, 1.82) is 0 Å². The smallest absolute Gasteiger partial charge is 0.383 e. The Balaban J connectivity index is 1.51. The summed E-state index contributed by atoms with van der Waals surface area (Å²) < 4.78 is 50.3. The van der Waals surface area contributed by atoms with Crippen LogP contribution in [0.3, 0.4) is 0 Å². The average Bonchev–Trinajstić information content (AvgIpc) is 3.25. The number of nitrogens with two attached hydrogens (primary N) is 1. The molecule has 1 saturated heterocycles. The Hall–Kier alpha value is -3.24. The number of halogens is 3. The first-order valence-corrected chi connectivity index (χ1v) is 11.9. The number of benzene rings is 1. The van der Waals surface area contributed by atoms with Crippen LogP contribution in [0.4, 0.5) is 19.0 Å². The largest absolute Gasteiger partial charge is 0.417 e. The number of alkyl halides is 3. The summed E-state index contributed by atoms with van der Waals surface area (Å²) in [5.41, 5.74) is 8.62. The summed E-state index contributed by atoms with van der Waals surface area (Å²) in [4.78, 5) is 24.1. The summed E-state index contributed by atoms with van der Waals surface area (Å²) in [7, 11) is 0. The maximum Gasteiger partial charge on any atom is 0.417 e. The van der Waals surface area contributed by atoms with Gasteiger partial charge in [0.1, 0.15) is 5.82 Å². The highest BCUT2D eigenvalue weighted by Crippen LogP contribution is 2.38. The van der Waals surface area contributed by atoms with Gasteiger partial charge in [-0.2, -0.15) is 13.2 Å². The van der Waals surface area contributed by atoms with Crippen LogP contribution in [0.5, 0.6) is 0 Å². The minimum atomic E-state index is -4.47. The zero-order chi connectivity index (χ0) is 25.6. The molecule has 0 saturated carbocycles. The Bertz CT molecular complexity index is 1300. The summed E-state index contributed by atoms with van der Waals surface area (Å²) >= 11 is 0. The highest BCUT2D eigenvalue weighted by molar-refractivity contribution is 5.99. The minimum Gasteiger partial charge on any atom is -0.383 e. The number of carbonyl (C=O) groups is 1. The number of nitrogen functional groups attached to an aromatic ring is 1. The van der Waals surface area contributed by atoms with Crippen molar-refractivity contribution in [2.45, 2.75) is 51.7 Å². The highest BCUT2D eigenvalue weighted by atomic mass is 19.4. The lowest BCUT2D eigenvalue weighted by molar-refractivity contribution is -0.137. The van der Waals surface area contributed by atoms with E-state index in [1.165, 1.54) is 6.07 Å². The van der Waals surface area contributed by atoms with Gasteiger partial charge in [-0.25, -0.2) is 4.98 Å². The van der Waals surface area contributed by atoms with Crippen molar-refractivity contribution in [3.8, 4) is 0 Å². The van der Waals surface area contributed by atoms with Crippen LogP contribution >= 0.6 is 0 Å². The number of carbonyl (C=O) groups excluding carboxylic acids is 1. The molecule has 7 nitrogen and oxygen atoms in total. The van der Waals surface area contributed by atoms with Crippen molar-refractivity contribution in [3.05, 3.63) is 64.5 Å². The Morgan fingerprint density at radius 2 is 2.03 bits per heavy atom. The van der Waals surface area contributed by atoms with Crippen LogP contribution in [0, 0.1) is 5.92 Å². The van der Waals surface area contributed by atoms with Gasteiger partial charge in [-0.1, -0.05) is 6.92 Å². The number of hydrogen-bond acceptors (Lipinski definition) is 6. The molecule has 2 aliphatic heterocycles. The number of pyridine rings is 2. The number of rotatable bonds is 4. The molecule has 1 fully saturated rings. The summed E-state index contributed by atoms with van der Waals surface area (Å²) in [6.45, 7) is 5.39. The third kappa shape index (κ3) is 4.51. The van der Waals surface area contributed by atoms with E-state index in [1.54, 1.807) is 17.0 Å². The molecule has 10 heteroatoms. The molecule has 2 N–H and O–H groups in total. The Morgan fingerprint density at radius 1 is 1.22 bits per heavy atom. The molecule has 1 aromatic carbocycles. The highest BCUT2D eigenvalue weighted by Gasteiger charge is 2.34. The lowest BCUT2D eigenvalue weighted by atomic mass is 9.94. The predicted molar refractivity (Wildman–Crippen MR) is 127 cm³/mol. The van der Waals surface area contributed by atoms with Gasteiger partial charge < -0.3 is 20.1 Å². The Morgan fingerprint density at radius 3 is 2.72 bits per heavy atom. The third-order valence-electron chi connectivity index (χ3n) is 7.04. The number of nitrogens with zero attached hydrogens (tertiary/aromatic N) is 3. The predicted octanol–water partition coefficient (Wildman–Crippen LogP) is 4.89. The SMILES string of the molecule is CC1OCc2c1c(N)nc1ccc(C(=O)N(Cc3ccc(C(F)(F)F)cn3)C3CCOCC3C)cc21. The number of anilines is 1. The molecule has 0 radical (unpaired) electrons. The molecule has 3 unspecified atom stereocenters. The molecule has 1 amide bonds. The van der Waals surface area contributed by atoms with Crippen molar-refractivity contribution in [1.82, 2.24) is 14.9 Å². The van der Waals surface area contributed by atoms with E-state index in [9.17, 15) is 18.0 Å². The van der Waals surface area contributed by atoms with E-state index in [-0.39, 0.29) is 30.5 Å². The van der Waals surface area contributed by atoms with E-state index in [1.807, 2.05) is 19.9 Å². The van der Waals surface area contributed by atoms with Crippen molar-refractivity contribution in [2.24, 2.45) is 5.92 Å². The molecule has 190 valence electrons. The average molecular weight is 501 g/mol. The fraction of sp³-hybridized carbons (Fsp3) is 0.423. The maximum absolute atomic E-state index is 13.9. The van der Waals surface area contributed by atoms with Crippen LogP contribution in [0.1, 0.15) is 59.1 Å².